The highest BCUT2D eigenvalue weighted by Gasteiger charge is 2.28. The topological polar surface area (TPSA) is 71.9 Å². The molecule has 1 amide bonds. The molecule has 174 valence electrons. The van der Waals surface area contributed by atoms with E-state index in [4.69, 9.17) is 14.5 Å². The molecule has 1 fully saturated rings. The number of amides is 1. The van der Waals surface area contributed by atoms with Crippen molar-refractivity contribution in [3.05, 3.63) is 58.1 Å². The van der Waals surface area contributed by atoms with Crippen LogP contribution in [0.2, 0.25) is 0 Å². The van der Waals surface area contributed by atoms with Gasteiger partial charge in [-0.2, -0.15) is 0 Å². The summed E-state index contributed by atoms with van der Waals surface area (Å²) in [7, 11) is 1.60. The van der Waals surface area contributed by atoms with Crippen molar-refractivity contribution in [1.29, 1.82) is 0 Å². The molecule has 0 radical (unpaired) electrons. The molecule has 1 aromatic heterocycles. The van der Waals surface area contributed by atoms with Gasteiger partial charge in [0.2, 0.25) is 0 Å². The number of aliphatic hydroxyl groups is 1. The van der Waals surface area contributed by atoms with E-state index in [9.17, 15) is 9.90 Å². The number of nitrogens with zero attached hydrogens (tertiary/aromatic N) is 2. The Labute approximate surface area is 198 Å². The second-order valence-electron chi connectivity index (χ2n) is 9.02. The first kappa shape index (κ1) is 22.5. The van der Waals surface area contributed by atoms with Crippen LogP contribution in [0.5, 0.6) is 0 Å². The van der Waals surface area contributed by atoms with Crippen molar-refractivity contribution in [1.82, 2.24) is 4.98 Å². The van der Waals surface area contributed by atoms with Crippen LogP contribution in [0, 0.1) is 5.92 Å². The number of fused-ring (bicyclic) bond motifs is 2. The number of aromatic nitrogens is 1. The zero-order valence-corrected chi connectivity index (χ0v) is 19.8. The van der Waals surface area contributed by atoms with Gasteiger partial charge in [0.05, 0.1) is 27.5 Å². The smallest absolute Gasteiger partial charge is 0.258 e. The Hall–Kier alpha value is -2.32. The number of hydrogen-bond donors (Lipinski definition) is 1. The molecule has 1 N–H and O–H groups in total. The third-order valence-corrected chi connectivity index (χ3v) is 8.09. The zero-order valence-electron chi connectivity index (χ0n) is 19.0. The summed E-state index contributed by atoms with van der Waals surface area (Å²) in [6.45, 7) is 1.49. The highest BCUT2D eigenvalue weighted by atomic mass is 32.1. The molecule has 2 aliphatic rings. The molecule has 5 rings (SSSR count). The maximum atomic E-state index is 13.4. The third kappa shape index (κ3) is 4.55. The third-order valence-electron chi connectivity index (χ3n) is 6.91. The van der Waals surface area contributed by atoms with Crippen molar-refractivity contribution in [3.63, 3.8) is 0 Å². The van der Waals surface area contributed by atoms with E-state index in [1.165, 1.54) is 0 Å². The van der Waals surface area contributed by atoms with E-state index >= 15 is 0 Å². The lowest BCUT2D eigenvalue weighted by Gasteiger charge is -2.30. The lowest BCUT2D eigenvalue weighted by Crippen LogP contribution is -2.38. The highest BCUT2D eigenvalue weighted by molar-refractivity contribution is 7.18. The van der Waals surface area contributed by atoms with Gasteiger partial charge in [0.15, 0.2) is 0 Å². The Morgan fingerprint density at radius 3 is 2.79 bits per heavy atom. The number of carbonyl (C=O) groups excluding carboxylic acids is 1. The van der Waals surface area contributed by atoms with Crippen molar-refractivity contribution in [3.8, 4) is 0 Å². The van der Waals surface area contributed by atoms with Gasteiger partial charge in [0, 0.05) is 37.3 Å². The van der Waals surface area contributed by atoms with E-state index in [-0.39, 0.29) is 19.3 Å². The summed E-state index contributed by atoms with van der Waals surface area (Å²) >= 11 is 1.74. The predicted octanol–water partition coefficient (Wildman–Crippen LogP) is 4.89. The molecule has 2 heterocycles. The van der Waals surface area contributed by atoms with Gasteiger partial charge in [-0.3, -0.25) is 4.79 Å². The van der Waals surface area contributed by atoms with Gasteiger partial charge >= 0.3 is 0 Å². The number of anilines is 1. The average molecular weight is 467 g/mol. The summed E-state index contributed by atoms with van der Waals surface area (Å²) in [5.41, 5.74) is 4.70. The summed E-state index contributed by atoms with van der Waals surface area (Å²) in [5.74, 6) is 0.918. The number of benzene rings is 2. The molecule has 1 aliphatic heterocycles. The van der Waals surface area contributed by atoms with Gasteiger partial charge in [0.1, 0.15) is 6.79 Å². The Balaban J connectivity index is 1.48. The predicted molar refractivity (Wildman–Crippen MR) is 130 cm³/mol. The van der Waals surface area contributed by atoms with Crippen LogP contribution in [0.25, 0.3) is 10.2 Å². The molecule has 6 nitrogen and oxygen atoms in total. The minimum atomic E-state index is 0.0382. The lowest BCUT2D eigenvalue weighted by atomic mass is 9.83. The number of thiazole rings is 1. The van der Waals surface area contributed by atoms with E-state index < -0.39 is 0 Å². The molecule has 33 heavy (non-hydrogen) atoms. The van der Waals surface area contributed by atoms with Crippen molar-refractivity contribution in [2.75, 3.05) is 32.0 Å². The number of aliphatic hydroxyl groups excluding tert-OH is 1. The van der Waals surface area contributed by atoms with E-state index in [2.05, 4.69) is 12.1 Å². The monoisotopic (exact) mass is 466 g/mol. The molecule has 7 heteroatoms. The summed E-state index contributed by atoms with van der Waals surface area (Å²) in [5, 5.41) is 10.6. The highest BCUT2D eigenvalue weighted by Crippen LogP contribution is 2.40. The molecule has 2 aromatic carbocycles. The molecular weight excluding hydrogens is 436 g/mol. The van der Waals surface area contributed by atoms with Crippen molar-refractivity contribution in [2.45, 2.75) is 44.6 Å². The van der Waals surface area contributed by atoms with Crippen LogP contribution in [0.1, 0.15) is 58.1 Å². The maximum absolute atomic E-state index is 13.4. The van der Waals surface area contributed by atoms with Crippen LogP contribution in [-0.2, 0) is 22.5 Å². The molecule has 0 saturated heterocycles. The van der Waals surface area contributed by atoms with Crippen molar-refractivity contribution in [2.24, 2.45) is 5.92 Å². The van der Waals surface area contributed by atoms with Crippen LogP contribution in [-0.4, -0.2) is 43.1 Å². The second-order valence-corrected chi connectivity index (χ2v) is 10.1. The van der Waals surface area contributed by atoms with Crippen LogP contribution in [0.3, 0.4) is 0 Å². The minimum absolute atomic E-state index is 0.0382. The molecule has 1 aliphatic carbocycles. The Morgan fingerprint density at radius 2 is 2.00 bits per heavy atom. The summed E-state index contributed by atoms with van der Waals surface area (Å²) in [6.07, 6.45) is 5.09. The van der Waals surface area contributed by atoms with Crippen LogP contribution >= 0.6 is 11.3 Å². The summed E-state index contributed by atoms with van der Waals surface area (Å²) in [6, 6.07) is 12.1. The Kier molecular flexibility index (Phi) is 6.74. The fourth-order valence-corrected chi connectivity index (χ4v) is 6.20. The molecule has 1 saturated carbocycles. The molecule has 0 atom stereocenters. The van der Waals surface area contributed by atoms with E-state index in [1.807, 2.05) is 29.2 Å². The lowest BCUT2D eigenvalue weighted by molar-refractivity contribution is -0.0389. The summed E-state index contributed by atoms with van der Waals surface area (Å²) in [4.78, 5) is 20.2. The number of ether oxygens (including phenoxy) is 2. The standard InChI is InChI=1S/C26H30N2O4S/c1-31-16-32-15-20-12-22-24(33-25(27-22)19-8-6-17(14-29)7-9-19)13-23(20)28-11-10-18-4-2-3-5-21(18)26(28)30/h2-5,12-13,17,19,29H,6-11,14-16H2,1H3. The van der Waals surface area contributed by atoms with E-state index in [0.717, 1.165) is 69.7 Å². The van der Waals surface area contributed by atoms with Crippen LogP contribution < -0.4 is 4.90 Å². The zero-order chi connectivity index (χ0) is 22.8. The van der Waals surface area contributed by atoms with E-state index in [1.54, 1.807) is 18.4 Å². The van der Waals surface area contributed by atoms with Gasteiger partial charge in [-0.15, -0.1) is 11.3 Å². The largest absolute Gasteiger partial charge is 0.396 e. The minimum Gasteiger partial charge on any atom is -0.396 e. The molecular formula is C26H30N2O4S. The van der Waals surface area contributed by atoms with Crippen LogP contribution in [0.15, 0.2) is 36.4 Å². The van der Waals surface area contributed by atoms with Gasteiger partial charge in [-0.1, -0.05) is 18.2 Å². The normalized spacial score (nSPS) is 20.9. The van der Waals surface area contributed by atoms with Gasteiger partial charge in [-0.05, 0) is 61.8 Å². The summed E-state index contributed by atoms with van der Waals surface area (Å²) < 4.78 is 11.9. The maximum Gasteiger partial charge on any atom is 0.258 e. The number of hydrogen-bond acceptors (Lipinski definition) is 6. The van der Waals surface area contributed by atoms with Gasteiger partial charge < -0.3 is 19.5 Å². The first-order valence-corrected chi connectivity index (χ1v) is 12.5. The molecule has 0 unspecified atom stereocenters. The SMILES string of the molecule is COCOCc1cc2nc(C3CCC(CO)CC3)sc2cc1N1CCc2ccccc2C1=O. The Bertz CT molecular complexity index is 1140. The fraction of sp³-hybridized carbons (Fsp3) is 0.462. The molecule has 0 bridgehead atoms. The number of methoxy groups -OCH3 is 1. The van der Waals surface area contributed by atoms with Gasteiger partial charge in [-0.25, -0.2) is 4.98 Å². The fourth-order valence-electron chi connectivity index (χ4n) is 5.05. The second kappa shape index (κ2) is 9.89. The first-order chi connectivity index (χ1) is 16.2. The quantitative estimate of drug-likeness (QED) is 0.397. The Morgan fingerprint density at radius 1 is 1.18 bits per heavy atom. The van der Waals surface area contributed by atoms with E-state index in [0.29, 0.717) is 25.0 Å². The van der Waals surface area contributed by atoms with Crippen molar-refractivity contribution >= 4 is 33.1 Å². The number of rotatable bonds is 7. The van der Waals surface area contributed by atoms with Crippen molar-refractivity contribution < 1.29 is 19.4 Å². The molecule has 3 aromatic rings. The van der Waals surface area contributed by atoms with Crippen LogP contribution in [0.4, 0.5) is 5.69 Å². The first-order valence-electron chi connectivity index (χ1n) is 11.7. The van der Waals surface area contributed by atoms with Gasteiger partial charge in [0.25, 0.3) is 5.91 Å². The average Bonchev–Trinajstić information content (AvgIpc) is 3.27. The molecule has 0 spiro atoms. The number of carbonyl (C=O) groups is 1.